The van der Waals surface area contributed by atoms with Crippen LogP contribution in [0.4, 0.5) is 5.69 Å². The van der Waals surface area contributed by atoms with Crippen LogP contribution in [0.25, 0.3) is 10.9 Å². The highest BCUT2D eigenvalue weighted by Crippen LogP contribution is 2.44. The van der Waals surface area contributed by atoms with Gasteiger partial charge >= 0.3 is 0 Å². The van der Waals surface area contributed by atoms with Crippen LogP contribution in [0, 0.1) is 6.92 Å². The van der Waals surface area contributed by atoms with E-state index in [-0.39, 0.29) is 18.0 Å². The van der Waals surface area contributed by atoms with Gasteiger partial charge in [-0.15, -0.1) is 0 Å². The second-order valence-electron chi connectivity index (χ2n) is 7.79. The van der Waals surface area contributed by atoms with Crippen LogP contribution < -0.4 is 5.32 Å². The zero-order chi connectivity index (χ0) is 19.3. The minimum atomic E-state index is 0.0122. The molecule has 2 unspecified atom stereocenters. The van der Waals surface area contributed by atoms with Crippen molar-refractivity contribution in [2.75, 3.05) is 11.9 Å². The summed E-state index contributed by atoms with van der Waals surface area (Å²) in [6.45, 7) is 2.91. The molecule has 3 aromatic rings. The molecule has 0 aliphatic carbocycles. The first kappa shape index (κ1) is 17.5. The second kappa shape index (κ2) is 6.78. The first-order valence-corrected chi connectivity index (χ1v) is 10.2. The molecule has 2 atom stereocenters. The van der Waals surface area contributed by atoms with E-state index in [2.05, 4.69) is 47.6 Å². The van der Waals surface area contributed by atoms with E-state index >= 15 is 0 Å². The number of para-hydroxylation sites is 1. The van der Waals surface area contributed by atoms with Crippen LogP contribution in [-0.2, 0) is 4.79 Å². The number of carbonyl (C=O) groups excluding carboxylic acids is 1. The Morgan fingerprint density at radius 2 is 2.00 bits per heavy atom. The summed E-state index contributed by atoms with van der Waals surface area (Å²) >= 11 is 6.61. The number of nitrogens with one attached hydrogen (secondary N) is 1. The minimum Gasteiger partial charge on any atom is -0.378 e. The number of aromatic nitrogens is 1. The number of hydrogen-bond donors (Lipinski definition) is 1. The van der Waals surface area contributed by atoms with Crippen LogP contribution in [0.2, 0.25) is 5.15 Å². The maximum absolute atomic E-state index is 12.5. The van der Waals surface area contributed by atoms with Crippen molar-refractivity contribution >= 4 is 34.1 Å². The zero-order valence-electron chi connectivity index (χ0n) is 15.8. The van der Waals surface area contributed by atoms with Crippen LogP contribution in [0.1, 0.15) is 48.0 Å². The van der Waals surface area contributed by atoms with Gasteiger partial charge in [0.2, 0.25) is 5.91 Å². The summed E-state index contributed by atoms with van der Waals surface area (Å²) in [5.41, 5.74) is 5.36. The monoisotopic (exact) mass is 391 g/mol. The first-order valence-electron chi connectivity index (χ1n) is 9.82. The molecule has 2 aliphatic rings. The van der Waals surface area contributed by atoms with E-state index in [1.54, 1.807) is 0 Å². The molecular formula is C23H22ClN3O. The summed E-state index contributed by atoms with van der Waals surface area (Å²) in [5, 5.41) is 5.26. The summed E-state index contributed by atoms with van der Waals surface area (Å²) in [4.78, 5) is 19.1. The fourth-order valence-corrected chi connectivity index (χ4v) is 4.82. The fourth-order valence-electron chi connectivity index (χ4n) is 4.55. The number of benzene rings is 2. The molecule has 142 valence electrons. The molecule has 3 heterocycles. The van der Waals surface area contributed by atoms with Crippen LogP contribution >= 0.6 is 11.6 Å². The number of aryl methyl sites for hydroxylation is 1. The largest absolute Gasteiger partial charge is 0.378 e. The SMILES string of the molecule is Cc1ccc2nc(Cl)c(C3CC(N4CCCC4=O)c4ccccc4N3)cc2c1. The molecule has 1 amide bonds. The molecule has 4 nitrogen and oxygen atoms in total. The average Bonchev–Trinajstić information content (AvgIpc) is 3.12. The molecule has 0 radical (unpaired) electrons. The van der Waals surface area contributed by atoms with Gasteiger partial charge in [-0.2, -0.15) is 0 Å². The number of anilines is 1. The number of hydrogen-bond acceptors (Lipinski definition) is 3. The standard InChI is InChI=1S/C23H22ClN3O/c1-14-8-9-18-15(11-14)12-17(23(24)26-18)20-13-21(27-10-4-7-22(27)28)16-5-2-3-6-19(16)25-20/h2-3,5-6,8-9,11-12,20-21,25H,4,7,10,13H2,1H3. The Kier molecular flexibility index (Phi) is 4.24. The van der Waals surface area contributed by atoms with Gasteiger partial charge in [0.25, 0.3) is 0 Å². The minimum absolute atomic E-state index is 0.0122. The number of amides is 1. The molecule has 0 spiro atoms. The summed E-state index contributed by atoms with van der Waals surface area (Å²) in [6.07, 6.45) is 2.38. The van der Waals surface area contributed by atoms with Crippen molar-refractivity contribution in [1.82, 2.24) is 9.88 Å². The number of halogens is 1. The normalized spacial score (nSPS) is 21.6. The lowest BCUT2D eigenvalue weighted by atomic mass is 9.88. The highest BCUT2D eigenvalue weighted by atomic mass is 35.5. The number of carbonyl (C=O) groups is 1. The van der Waals surface area contributed by atoms with Gasteiger partial charge in [0.15, 0.2) is 0 Å². The van der Waals surface area contributed by atoms with E-state index in [1.807, 2.05) is 23.1 Å². The Labute approximate surface area is 169 Å². The average molecular weight is 392 g/mol. The van der Waals surface area contributed by atoms with Crippen LogP contribution in [0.3, 0.4) is 0 Å². The summed E-state index contributed by atoms with van der Waals surface area (Å²) in [6, 6.07) is 16.7. The molecule has 1 aromatic heterocycles. The highest BCUT2D eigenvalue weighted by molar-refractivity contribution is 6.30. The Bertz CT molecular complexity index is 1080. The van der Waals surface area contributed by atoms with E-state index in [0.29, 0.717) is 11.6 Å². The van der Waals surface area contributed by atoms with Gasteiger partial charge in [-0.25, -0.2) is 4.98 Å². The van der Waals surface area contributed by atoms with Gasteiger partial charge in [0.1, 0.15) is 5.15 Å². The van der Waals surface area contributed by atoms with E-state index in [4.69, 9.17) is 11.6 Å². The molecule has 1 fully saturated rings. The molecule has 2 aromatic carbocycles. The Hall–Kier alpha value is -2.59. The predicted octanol–water partition coefficient (Wildman–Crippen LogP) is 5.42. The lowest BCUT2D eigenvalue weighted by Gasteiger charge is -2.38. The Morgan fingerprint density at radius 1 is 1.14 bits per heavy atom. The van der Waals surface area contributed by atoms with E-state index in [0.717, 1.165) is 41.5 Å². The van der Waals surface area contributed by atoms with Crippen molar-refractivity contribution in [2.24, 2.45) is 0 Å². The molecule has 5 heteroatoms. The first-order chi connectivity index (χ1) is 13.6. The molecule has 1 N–H and O–H groups in total. The molecule has 0 bridgehead atoms. The maximum atomic E-state index is 12.5. The molecule has 0 saturated carbocycles. The topological polar surface area (TPSA) is 45.2 Å². The second-order valence-corrected chi connectivity index (χ2v) is 8.15. The number of rotatable bonds is 2. The van der Waals surface area contributed by atoms with Crippen molar-refractivity contribution in [1.29, 1.82) is 0 Å². The third kappa shape index (κ3) is 2.92. The third-order valence-corrected chi connectivity index (χ3v) is 6.22. The molecule has 1 saturated heterocycles. The summed E-state index contributed by atoms with van der Waals surface area (Å²) in [7, 11) is 0. The molecular weight excluding hydrogens is 370 g/mol. The molecule has 28 heavy (non-hydrogen) atoms. The summed E-state index contributed by atoms with van der Waals surface area (Å²) < 4.78 is 0. The van der Waals surface area contributed by atoms with Gasteiger partial charge in [-0.1, -0.05) is 41.4 Å². The van der Waals surface area contributed by atoms with Crippen molar-refractivity contribution in [2.45, 2.75) is 38.3 Å². The number of nitrogens with zero attached hydrogens (tertiary/aromatic N) is 2. The van der Waals surface area contributed by atoms with Gasteiger partial charge in [0.05, 0.1) is 17.6 Å². The quantitative estimate of drug-likeness (QED) is 0.593. The van der Waals surface area contributed by atoms with Gasteiger partial charge in [0, 0.05) is 29.6 Å². The number of pyridine rings is 1. The Morgan fingerprint density at radius 3 is 2.82 bits per heavy atom. The van der Waals surface area contributed by atoms with E-state index < -0.39 is 0 Å². The molecule has 2 aliphatic heterocycles. The van der Waals surface area contributed by atoms with Gasteiger partial charge in [-0.3, -0.25) is 4.79 Å². The van der Waals surface area contributed by atoms with Crippen molar-refractivity contribution in [3.8, 4) is 0 Å². The molecule has 5 rings (SSSR count). The lowest BCUT2D eigenvalue weighted by Crippen LogP contribution is -2.35. The maximum Gasteiger partial charge on any atom is 0.223 e. The zero-order valence-corrected chi connectivity index (χ0v) is 16.5. The van der Waals surface area contributed by atoms with Crippen LogP contribution in [0.15, 0.2) is 48.5 Å². The van der Waals surface area contributed by atoms with E-state index in [1.165, 1.54) is 11.1 Å². The van der Waals surface area contributed by atoms with Gasteiger partial charge < -0.3 is 10.2 Å². The number of fused-ring (bicyclic) bond motifs is 2. The van der Waals surface area contributed by atoms with Crippen LogP contribution in [0.5, 0.6) is 0 Å². The van der Waals surface area contributed by atoms with E-state index in [9.17, 15) is 4.79 Å². The van der Waals surface area contributed by atoms with Crippen molar-refractivity contribution in [3.05, 3.63) is 70.4 Å². The fraction of sp³-hybridized carbons (Fsp3) is 0.304. The summed E-state index contributed by atoms with van der Waals surface area (Å²) in [5.74, 6) is 0.249. The van der Waals surface area contributed by atoms with Crippen molar-refractivity contribution < 1.29 is 4.79 Å². The van der Waals surface area contributed by atoms with Crippen molar-refractivity contribution in [3.63, 3.8) is 0 Å². The smallest absolute Gasteiger partial charge is 0.223 e. The highest BCUT2D eigenvalue weighted by Gasteiger charge is 2.36. The van der Waals surface area contributed by atoms with Gasteiger partial charge in [-0.05, 0) is 49.6 Å². The number of likely N-dealkylation sites (tertiary alicyclic amines) is 1. The lowest BCUT2D eigenvalue weighted by molar-refractivity contribution is -0.130. The Balaban J connectivity index is 1.58. The van der Waals surface area contributed by atoms with Crippen LogP contribution in [-0.4, -0.2) is 22.3 Å². The third-order valence-electron chi connectivity index (χ3n) is 5.92. The predicted molar refractivity (Wildman–Crippen MR) is 113 cm³/mol.